The van der Waals surface area contributed by atoms with Crippen molar-refractivity contribution in [1.29, 1.82) is 0 Å². The van der Waals surface area contributed by atoms with Crippen LogP contribution in [0.3, 0.4) is 0 Å². The Kier molecular flexibility index (Phi) is 3.76. The van der Waals surface area contributed by atoms with Gasteiger partial charge in [-0.2, -0.15) is 0 Å². The first-order valence-electron chi connectivity index (χ1n) is 5.92. The Bertz CT molecular complexity index is 302. The van der Waals surface area contributed by atoms with Crippen LogP contribution >= 0.6 is 11.3 Å². The molecule has 15 heavy (non-hydrogen) atoms. The molecule has 1 aliphatic carbocycles. The quantitative estimate of drug-likeness (QED) is 0.857. The van der Waals surface area contributed by atoms with Crippen LogP contribution in [-0.2, 0) is 6.42 Å². The van der Waals surface area contributed by atoms with E-state index in [9.17, 15) is 5.11 Å². The molecule has 84 valence electrons. The molecule has 0 saturated heterocycles. The molecule has 1 aromatic heterocycles. The summed E-state index contributed by atoms with van der Waals surface area (Å²) in [7, 11) is 0. The molecular weight excluding hydrogens is 206 g/mol. The zero-order chi connectivity index (χ0) is 10.7. The van der Waals surface area contributed by atoms with Crippen LogP contribution in [0.15, 0.2) is 5.38 Å². The van der Waals surface area contributed by atoms with Gasteiger partial charge in [-0.25, -0.2) is 4.98 Å². The Morgan fingerprint density at radius 3 is 2.80 bits per heavy atom. The van der Waals surface area contributed by atoms with Crippen LogP contribution in [0.25, 0.3) is 0 Å². The van der Waals surface area contributed by atoms with E-state index in [-0.39, 0.29) is 6.10 Å². The minimum Gasteiger partial charge on any atom is -0.393 e. The van der Waals surface area contributed by atoms with Gasteiger partial charge in [-0.15, -0.1) is 11.3 Å². The molecule has 1 aliphatic rings. The van der Waals surface area contributed by atoms with Gasteiger partial charge in [0, 0.05) is 11.3 Å². The molecule has 1 aromatic rings. The number of aromatic nitrogens is 1. The number of aliphatic hydroxyl groups excluding tert-OH is 1. The maximum atomic E-state index is 9.45. The maximum absolute atomic E-state index is 9.45. The van der Waals surface area contributed by atoms with Gasteiger partial charge in [0.2, 0.25) is 0 Å². The minimum absolute atomic E-state index is 0.0590. The summed E-state index contributed by atoms with van der Waals surface area (Å²) in [5.74, 6) is 0.615. The van der Waals surface area contributed by atoms with Gasteiger partial charge in [-0.1, -0.05) is 13.3 Å². The second kappa shape index (κ2) is 5.08. The van der Waals surface area contributed by atoms with E-state index in [0.717, 1.165) is 32.1 Å². The lowest BCUT2D eigenvalue weighted by molar-refractivity contribution is 0.122. The summed E-state index contributed by atoms with van der Waals surface area (Å²) < 4.78 is 0. The van der Waals surface area contributed by atoms with Crippen molar-refractivity contribution in [3.8, 4) is 0 Å². The highest BCUT2D eigenvalue weighted by molar-refractivity contribution is 7.09. The van der Waals surface area contributed by atoms with Crippen molar-refractivity contribution in [2.24, 2.45) is 0 Å². The monoisotopic (exact) mass is 225 g/mol. The standard InChI is InChI=1S/C12H19NOS/c1-2-3-10-8-15-12(13-10)9-4-6-11(14)7-5-9/h8-9,11,14H,2-7H2,1H3. The molecule has 2 nitrogen and oxygen atoms in total. The van der Waals surface area contributed by atoms with E-state index in [1.54, 1.807) is 11.3 Å². The third-order valence-electron chi connectivity index (χ3n) is 3.12. The molecule has 0 radical (unpaired) electrons. The van der Waals surface area contributed by atoms with Crippen LogP contribution in [0.1, 0.15) is 55.6 Å². The van der Waals surface area contributed by atoms with E-state index in [1.165, 1.54) is 17.1 Å². The molecule has 0 aromatic carbocycles. The number of thiazole rings is 1. The Labute approximate surface area is 95.4 Å². The van der Waals surface area contributed by atoms with E-state index < -0.39 is 0 Å². The lowest BCUT2D eigenvalue weighted by Crippen LogP contribution is -2.16. The molecule has 2 rings (SSSR count). The number of hydrogen-bond donors (Lipinski definition) is 1. The van der Waals surface area contributed by atoms with E-state index in [0.29, 0.717) is 5.92 Å². The summed E-state index contributed by atoms with van der Waals surface area (Å²) in [6.07, 6.45) is 6.34. The van der Waals surface area contributed by atoms with Gasteiger partial charge in [0.1, 0.15) is 0 Å². The zero-order valence-electron chi connectivity index (χ0n) is 9.28. The normalized spacial score (nSPS) is 26.8. The largest absolute Gasteiger partial charge is 0.393 e. The summed E-state index contributed by atoms with van der Waals surface area (Å²) in [4.78, 5) is 4.69. The zero-order valence-corrected chi connectivity index (χ0v) is 10.1. The van der Waals surface area contributed by atoms with Crippen LogP contribution in [0.4, 0.5) is 0 Å². The molecule has 3 heteroatoms. The molecule has 0 bridgehead atoms. The smallest absolute Gasteiger partial charge is 0.0959 e. The summed E-state index contributed by atoms with van der Waals surface area (Å²) in [6, 6.07) is 0. The topological polar surface area (TPSA) is 33.1 Å². The summed E-state index contributed by atoms with van der Waals surface area (Å²) in [5, 5.41) is 12.9. The number of nitrogens with zero attached hydrogens (tertiary/aromatic N) is 1. The molecule has 0 atom stereocenters. The Morgan fingerprint density at radius 2 is 2.13 bits per heavy atom. The van der Waals surface area contributed by atoms with E-state index in [4.69, 9.17) is 0 Å². The number of hydrogen-bond acceptors (Lipinski definition) is 3. The molecule has 1 saturated carbocycles. The van der Waals surface area contributed by atoms with Gasteiger partial charge in [0.25, 0.3) is 0 Å². The molecule has 0 aliphatic heterocycles. The first-order valence-corrected chi connectivity index (χ1v) is 6.80. The van der Waals surface area contributed by atoms with Crippen molar-refractivity contribution < 1.29 is 5.11 Å². The van der Waals surface area contributed by atoms with Gasteiger partial charge < -0.3 is 5.11 Å². The lowest BCUT2D eigenvalue weighted by Gasteiger charge is -2.23. The van der Waals surface area contributed by atoms with Gasteiger partial charge in [-0.3, -0.25) is 0 Å². The van der Waals surface area contributed by atoms with Crippen LogP contribution in [0.2, 0.25) is 0 Å². The highest BCUT2D eigenvalue weighted by Gasteiger charge is 2.22. The van der Waals surface area contributed by atoms with Crippen LogP contribution in [0, 0.1) is 0 Å². The van der Waals surface area contributed by atoms with E-state index in [2.05, 4.69) is 17.3 Å². The van der Waals surface area contributed by atoms with E-state index >= 15 is 0 Å². The molecule has 0 spiro atoms. The number of rotatable bonds is 3. The number of aryl methyl sites for hydroxylation is 1. The Balaban J connectivity index is 1.96. The molecule has 1 N–H and O–H groups in total. The first-order chi connectivity index (χ1) is 7.29. The van der Waals surface area contributed by atoms with Crippen molar-refractivity contribution in [3.05, 3.63) is 16.1 Å². The summed E-state index contributed by atoms with van der Waals surface area (Å²) in [5.41, 5.74) is 1.25. The molecule has 0 unspecified atom stereocenters. The average molecular weight is 225 g/mol. The van der Waals surface area contributed by atoms with E-state index in [1.807, 2.05) is 0 Å². The molecule has 1 heterocycles. The van der Waals surface area contributed by atoms with Crippen LogP contribution in [-0.4, -0.2) is 16.2 Å². The van der Waals surface area contributed by atoms with Crippen molar-refractivity contribution in [2.45, 2.75) is 57.5 Å². The summed E-state index contributed by atoms with van der Waals surface area (Å²) >= 11 is 1.80. The van der Waals surface area contributed by atoms with Gasteiger partial charge in [0.15, 0.2) is 0 Å². The van der Waals surface area contributed by atoms with Gasteiger partial charge in [-0.05, 0) is 32.1 Å². The van der Waals surface area contributed by atoms with Crippen LogP contribution in [0.5, 0.6) is 0 Å². The van der Waals surface area contributed by atoms with Crippen LogP contribution < -0.4 is 0 Å². The summed E-state index contributed by atoms with van der Waals surface area (Å²) in [6.45, 7) is 2.19. The average Bonchev–Trinajstić information content (AvgIpc) is 2.68. The molecular formula is C12H19NOS. The van der Waals surface area contributed by atoms with Crippen molar-refractivity contribution in [3.63, 3.8) is 0 Å². The lowest BCUT2D eigenvalue weighted by atomic mass is 9.88. The second-order valence-electron chi connectivity index (χ2n) is 4.43. The third-order valence-corrected chi connectivity index (χ3v) is 4.18. The Hall–Kier alpha value is -0.410. The first kappa shape index (κ1) is 11.1. The second-order valence-corrected chi connectivity index (χ2v) is 5.32. The Morgan fingerprint density at radius 1 is 1.40 bits per heavy atom. The van der Waals surface area contributed by atoms with Gasteiger partial charge >= 0.3 is 0 Å². The fourth-order valence-electron chi connectivity index (χ4n) is 2.20. The predicted molar refractivity (Wildman–Crippen MR) is 63.3 cm³/mol. The fraction of sp³-hybridized carbons (Fsp3) is 0.750. The highest BCUT2D eigenvalue weighted by Crippen LogP contribution is 2.34. The number of aliphatic hydroxyl groups is 1. The SMILES string of the molecule is CCCc1csc(C2CCC(O)CC2)n1. The minimum atomic E-state index is -0.0590. The van der Waals surface area contributed by atoms with Crippen molar-refractivity contribution >= 4 is 11.3 Å². The highest BCUT2D eigenvalue weighted by atomic mass is 32.1. The van der Waals surface area contributed by atoms with Crippen molar-refractivity contribution in [2.75, 3.05) is 0 Å². The third kappa shape index (κ3) is 2.79. The fourth-order valence-corrected chi connectivity index (χ4v) is 3.23. The van der Waals surface area contributed by atoms with Gasteiger partial charge in [0.05, 0.1) is 16.8 Å². The van der Waals surface area contributed by atoms with Crippen molar-refractivity contribution in [1.82, 2.24) is 4.98 Å². The molecule has 0 amide bonds. The maximum Gasteiger partial charge on any atom is 0.0959 e. The molecule has 1 fully saturated rings. The predicted octanol–water partition coefficient (Wildman–Crippen LogP) is 3.11.